The second kappa shape index (κ2) is 6.21. The molecule has 0 radical (unpaired) electrons. The maximum atomic E-state index is 10.7. The highest BCUT2D eigenvalue weighted by atomic mass is 16.3. The molecule has 2 aromatic carbocycles. The second-order valence-electron chi connectivity index (χ2n) is 5.80. The monoisotopic (exact) mass is 269 g/mol. The molecular weight excluding hydrogens is 246 g/mol. The summed E-state index contributed by atoms with van der Waals surface area (Å²) < 4.78 is 0. The summed E-state index contributed by atoms with van der Waals surface area (Å²) in [4.78, 5) is 2.15. The average molecular weight is 269 g/mol. The molecule has 0 saturated heterocycles. The van der Waals surface area contributed by atoms with Gasteiger partial charge in [-0.3, -0.25) is 4.90 Å². The minimum atomic E-state index is -0.836. The minimum Gasteiger partial charge on any atom is -0.384 e. The van der Waals surface area contributed by atoms with Crippen LogP contribution in [0, 0.1) is 6.92 Å². The van der Waals surface area contributed by atoms with Crippen molar-refractivity contribution in [3.63, 3.8) is 0 Å². The standard InChI is InChI=1S/C18H23NO/c1-15-9-11-17(12-10-15)18(2,20)14-19(3)13-16-7-5-4-6-8-16/h4-12,20H,13-14H2,1-3H3. The lowest BCUT2D eigenvalue weighted by Gasteiger charge is -2.29. The van der Waals surface area contributed by atoms with Crippen molar-refractivity contribution in [2.45, 2.75) is 26.0 Å². The summed E-state index contributed by atoms with van der Waals surface area (Å²) in [6, 6.07) is 18.4. The SMILES string of the molecule is Cc1ccc(C(C)(O)CN(C)Cc2ccccc2)cc1. The normalized spacial score (nSPS) is 14.2. The fourth-order valence-corrected chi connectivity index (χ4v) is 2.48. The molecule has 2 rings (SSSR count). The summed E-state index contributed by atoms with van der Waals surface area (Å²) in [6.45, 7) is 5.37. The number of hydrogen-bond acceptors (Lipinski definition) is 2. The predicted molar refractivity (Wildman–Crippen MR) is 83.5 cm³/mol. The Morgan fingerprint density at radius 3 is 2.20 bits per heavy atom. The van der Waals surface area contributed by atoms with Crippen molar-refractivity contribution in [3.8, 4) is 0 Å². The van der Waals surface area contributed by atoms with Gasteiger partial charge in [-0.25, -0.2) is 0 Å². The van der Waals surface area contributed by atoms with Crippen LogP contribution in [0.25, 0.3) is 0 Å². The highest BCUT2D eigenvalue weighted by Gasteiger charge is 2.24. The van der Waals surface area contributed by atoms with Gasteiger partial charge in [0.2, 0.25) is 0 Å². The summed E-state index contributed by atoms with van der Waals surface area (Å²) in [6.07, 6.45) is 0. The Bertz CT molecular complexity index is 531. The number of aryl methyl sites for hydroxylation is 1. The number of hydrogen-bond donors (Lipinski definition) is 1. The number of benzene rings is 2. The molecule has 0 aliphatic heterocycles. The van der Waals surface area contributed by atoms with E-state index in [0.717, 1.165) is 12.1 Å². The third-order valence-electron chi connectivity index (χ3n) is 3.55. The van der Waals surface area contributed by atoms with E-state index in [9.17, 15) is 5.11 Å². The molecule has 20 heavy (non-hydrogen) atoms. The molecule has 0 spiro atoms. The molecular formula is C18H23NO. The largest absolute Gasteiger partial charge is 0.384 e. The van der Waals surface area contributed by atoms with Gasteiger partial charge in [-0.2, -0.15) is 0 Å². The van der Waals surface area contributed by atoms with Gasteiger partial charge in [-0.05, 0) is 32.0 Å². The molecule has 0 aliphatic rings. The Kier molecular flexibility index (Phi) is 4.58. The number of likely N-dealkylation sites (N-methyl/N-ethyl adjacent to an activating group) is 1. The Labute approximate surface area is 121 Å². The molecule has 0 saturated carbocycles. The lowest BCUT2D eigenvalue weighted by atomic mass is 9.94. The molecule has 0 bridgehead atoms. The molecule has 106 valence electrons. The summed E-state index contributed by atoms with van der Waals surface area (Å²) >= 11 is 0. The fraction of sp³-hybridized carbons (Fsp3) is 0.333. The van der Waals surface area contributed by atoms with Crippen LogP contribution in [0.3, 0.4) is 0 Å². The molecule has 2 nitrogen and oxygen atoms in total. The number of rotatable bonds is 5. The van der Waals surface area contributed by atoms with Crippen molar-refractivity contribution in [1.82, 2.24) is 4.90 Å². The third-order valence-corrected chi connectivity index (χ3v) is 3.55. The maximum Gasteiger partial charge on any atom is 0.0994 e. The van der Waals surface area contributed by atoms with Crippen LogP contribution < -0.4 is 0 Å². The topological polar surface area (TPSA) is 23.5 Å². The second-order valence-corrected chi connectivity index (χ2v) is 5.80. The molecule has 1 unspecified atom stereocenters. The fourth-order valence-electron chi connectivity index (χ4n) is 2.48. The van der Waals surface area contributed by atoms with E-state index in [1.165, 1.54) is 11.1 Å². The zero-order valence-corrected chi connectivity index (χ0v) is 12.5. The molecule has 0 aliphatic carbocycles. The highest BCUT2D eigenvalue weighted by Crippen LogP contribution is 2.22. The third kappa shape index (κ3) is 3.92. The Hall–Kier alpha value is -1.64. The van der Waals surface area contributed by atoms with E-state index in [0.29, 0.717) is 6.54 Å². The summed E-state index contributed by atoms with van der Waals surface area (Å²) in [5.74, 6) is 0. The van der Waals surface area contributed by atoms with Gasteiger partial charge in [-0.15, -0.1) is 0 Å². The van der Waals surface area contributed by atoms with Gasteiger partial charge < -0.3 is 5.11 Å². The minimum absolute atomic E-state index is 0.602. The van der Waals surface area contributed by atoms with Crippen molar-refractivity contribution >= 4 is 0 Å². The highest BCUT2D eigenvalue weighted by molar-refractivity contribution is 5.26. The van der Waals surface area contributed by atoms with E-state index in [1.54, 1.807) is 0 Å². The van der Waals surface area contributed by atoms with Gasteiger partial charge >= 0.3 is 0 Å². The van der Waals surface area contributed by atoms with Crippen LogP contribution in [-0.4, -0.2) is 23.6 Å². The van der Waals surface area contributed by atoms with Gasteiger partial charge in [0.1, 0.15) is 0 Å². The molecule has 0 fully saturated rings. The molecule has 0 heterocycles. The first-order chi connectivity index (χ1) is 9.47. The first-order valence-electron chi connectivity index (χ1n) is 6.99. The van der Waals surface area contributed by atoms with Gasteiger partial charge in [0, 0.05) is 13.1 Å². The smallest absolute Gasteiger partial charge is 0.0994 e. The number of aliphatic hydroxyl groups is 1. The van der Waals surface area contributed by atoms with Crippen molar-refractivity contribution in [1.29, 1.82) is 0 Å². The first-order valence-corrected chi connectivity index (χ1v) is 6.99. The van der Waals surface area contributed by atoms with Gasteiger partial charge in [0.15, 0.2) is 0 Å². The van der Waals surface area contributed by atoms with Crippen LogP contribution >= 0.6 is 0 Å². The Morgan fingerprint density at radius 1 is 1.00 bits per heavy atom. The summed E-state index contributed by atoms with van der Waals surface area (Å²) in [5, 5.41) is 10.7. The Morgan fingerprint density at radius 2 is 1.60 bits per heavy atom. The van der Waals surface area contributed by atoms with E-state index in [1.807, 2.05) is 56.4 Å². The van der Waals surface area contributed by atoms with Crippen molar-refractivity contribution in [2.24, 2.45) is 0 Å². The summed E-state index contributed by atoms with van der Waals surface area (Å²) in [7, 11) is 2.04. The van der Waals surface area contributed by atoms with E-state index >= 15 is 0 Å². The zero-order chi connectivity index (χ0) is 14.6. The van der Waals surface area contributed by atoms with Crippen LogP contribution in [0.2, 0.25) is 0 Å². The Balaban J connectivity index is 2.02. The van der Waals surface area contributed by atoms with Crippen molar-refractivity contribution < 1.29 is 5.11 Å². The lowest BCUT2D eigenvalue weighted by Crippen LogP contribution is -2.36. The average Bonchev–Trinajstić information content (AvgIpc) is 2.39. The zero-order valence-electron chi connectivity index (χ0n) is 12.5. The van der Waals surface area contributed by atoms with Gasteiger partial charge in [0.25, 0.3) is 0 Å². The molecule has 1 atom stereocenters. The lowest BCUT2D eigenvalue weighted by molar-refractivity contribution is 0.0214. The first kappa shape index (κ1) is 14.8. The maximum absolute atomic E-state index is 10.7. The van der Waals surface area contributed by atoms with E-state index in [4.69, 9.17) is 0 Å². The van der Waals surface area contributed by atoms with Gasteiger partial charge in [-0.1, -0.05) is 60.2 Å². The quantitative estimate of drug-likeness (QED) is 0.900. The molecule has 2 heteroatoms. The van der Waals surface area contributed by atoms with Crippen LogP contribution in [-0.2, 0) is 12.1 Å². The van der Waals surface area contributed by atoms with Gasteiger partial charge in [0.05, 0.1) is 5.60 Å². The van der Waals surface area contributed by atoms with Crippen LogP contribution in [0.15, 0.2) is 54.6 Å². The van der Waals surface area contributed by atoms with E-state index in [2.05, 4.69) is 24.0 Å². The molecule has 2 aromatic rings. The van der Waals surface area contributed by atoms with Crippen LogP contribution in [0.5, 0.6) is 0 Å². The molecule has 0 amide bonds. The molecule has 1 N–H and O–H groups in total. The summed E-state index contributed by atoms with van der Waals surface area (Å²) in [5.41, 5.74) is 2.59. The van der Waals surface area contributed by atoms with Crippen LogP contribution in [0.4, 0.5) is 0 Å². The van der Waals surface area contributed by atoms with E-state index in [-0.39, 0.29) is 0 Å². The van der Waals surface area contributed by atoms with Crippen LogP contribution in [0.1, 0.15) is 23.6 Å². The predicted octanol–water partition coefficient (Wildman–Crippen LogP) is 3.33. The number of nitrogens with zero attached hydrogens (tertiary/aromatic N) is 1. The molecule has 0 aromatic heterocycles. The van der Waals surface area contributed by atoms with Crippen molar-refractivity contribution in [2.75, 3.05) is 13.6 Å². The van der Waals surface area contributed by atoms with E-state index < -0.39 is 5.60 Å². The van der Waals surface area contributed by atoms with Crippen molar-refractivity contribution in [3.05, 3.63) is 71.3 Å².